The van der Waals surface area contributed by atoms with Crippen molar-refractivity contribution < 1.29 is 42.1 Å². The van der Waals surface area contributed by atoms with E-state index in [2.05, 4.69) is 0 Å². The van der Waals surface area contributed by atoms with Crippen LogP contribution in [0, 0.1) is 6.92 Å². The molecule has 3 aromatic carbocycles. The Balaban J connectivity index is 1.82. The third kappa shape index (κ3) is 9.45. The number of aromatic hydroxyl groups is 1. The summed E-state index contributed by atoms with van der Waals surface area (Å²) in [6.07, 6.45) is -3.46. The molecule has 0 radical (unpaired) electrons. The first-order valence-electron chi connectivity index (χ1n) is 13.2. The number of alkyl halides is 3. The number of ketones is 1. The molecule has 0 aliphatic rings. The van der Waals surface area contributed by atoms with Crippen LogP contribution < -0.4 is 9.47 Å². The van der Waals surface area contributed by atoms with E-state index in [9.17, 15) is 27.9 Å². The standard InChI is InChI=1S/C31H33F3O6S/c1-4-6-28(36)26-13-9-23(35)16-27(26)21(17-39-24-10-7-22(8-11-24)31(32,33)34)19-41-25-12-14-29(20(3)15-25)40-18-30(37)38-5-2/h7-16,21,35H,4-6,17-19H2,1-3H3. The normalized spacial score (nSPS) is 12.0. The zero-order valence-corrected chi connectivity index (χ0v) is 23.9. The first-order valence-corrected chi connectivity index (χ1v) is 14.2. The van der Waals surface area contributed by atoms with Crippen LogP contribution >= 0.6 is 11.8 Å². The van der Waals surface area contributed by atoms with E-state index < -0.39 is 17.7 Å². The Bertz CT molecular complexity index is 1320. The summed E-state index contributed by atoms with van der Waals surface area (Å²) >= 11 is 1.49. The fourth-order valence-electron chi connectivity index (χ4n) is 4.08. The van der Waals surface area contributed by atoms with E-state index in [0.717, 1.165) is 22.6 Å². The lowest BCUT2D eigenvalue weighted by atomic mass is 9.92. The van der Waals surface area contributed by atoms with Crippen molar-refractivity contribution in [3.63, 3.8) is 0 Å². The maximum atomic E-state index is 13.0. The number of hydrogen-bond donors (Lipinski definition) is 1. The zero-order valence-electron chi connectivity index (χ0n) is 23.1. The van der Waals surface area contributed by atoms with Crippen molar-refractivity contribution >= 4 is 23.5 Å². The van der Waals surface area contributed by atoms with Gasteiger partial charge >= 0.3 is 12.1 Å². The molecule has 10 heteroatoms. The van der Waals surface area contributed by atoms with Gasteiger partial charge in [0.1, 0.15) is 17.2 Å². The summed E-state index contributed by atoms with van der Waals surface area (Å²) in [4.78, 5) is 25.4. The van der Waals surface area contributed by atoms with E-state index in [0.29, 0.717) is 35.5 Å². The Labute approximate surface area is 241 Å². The molecule has 3 rings (SSSR count). The largest absolute Gasteiger partial charge is 0.508 e. The minimum atomic E-state index is -4.45. The molecule has 0 saturated carbocycles. The molecular weight excluding hydrogens is 557 g/mol. The lowest BCUT2D eigenvalue weighted by molar-refractivity contribution is -0.145. The van der Waals surface area contributed by atoms with Crippen LogP contribution in [0.1, 0.15) is 59.7 Å². The van der Waals surface area contributed by atoms with Gasteiger partial charge in [0.15, 0.2) is 12.4 Å². The number of esters is 1. The number of hydrogen-bond acceptors (Lipinski definition) is 7. The van der Waals surface area contributed by atoms with Gasteiger partial charge in [-0.05, 0) is 92.1 Å². The van der Waals surface area contributed by atoms with Crippen molar-refractivity contribution in [2.75, 3.05) is 25.6 Å². The number of carbonyl (C=O) groups is 2. The Hall–Kier alpha value is -3.66. The summed E-state index contributed by atoms with van der Waals surface area (Å²) in [6, 6.07) is 14.5. The van der Waals surface area contributed by atoms with E-state index in [1.807, 2.05) is 26.0 Å². The van der Waals surface area contributed by atoms with Crippen LogP contribution in [0.15, 0.2) is 65.6 Å². The van der Waals surface area contributed by atoms with Gasteiger partial charge in [0.05, 0.1) is 18.8 Å². The van der Waals surface area contributed by atoms with Crippen molar-refractivity contribution in [3.05, 3.63) is 82.9 Å². The van der Waals surface area contributed by atoms with Gasteiger partial charge in [-0.3, -0.25) is 4.79 Å². The van der Waals surface area contributed by atoms with E-state index in [4.69, 9.17) is 14.2 Å². The van der Waals surface area contributed by atoms with E-state index >= 15 is 0 Å². The lowest BCUT2D eigenvalue weighted by Crippen LogP contribution is -2.17. The molecule has 220 valence electrons. The molecule has 0 fully saturated rings. The maximum absolute atomic E-state index is 13.0. The Kier molecular flexibility index (Phi) is 11.5. The first kappa shape index (κ1) is 31.9. The first-order chi connectivity index (χ1) is 19.5. The molecule has 6 nitrogen and oxygen atoms in total. The summed E-state index contributed by atoms with van der Waals surface area (Å²) in [5, 5.41) is 10.3. The summed E-state index contributed by atoms with van der Waals surface area (Å²) < 4.78 is 55.3. The van der Waals surface area contributed by atoms with Crippen LogP contribution in [0.25, 0.3) is 0 Å². The van der Waals surface area contributed by atoms with Crippen molar-refractivity contribution in [1.82, 2.24) is 0 Å². The summed E-state index contributed by atoms with van der Waals surface area (Å²) in [7, 11) is 0. The molecule has 0 heterocycles. The molecule has 0 aliphatic heterocycles. The van der Waals surface area contributed by atoms with E-state index in [1.54, 1.807) is 25.1 Å². The molecule has 1 unspecified atom stereocenters. The molecular formula is C31H33F3O6S. The lowest BCUT2D eigenvalue weighted by Gasteiger charge is -2.21. The number of ether oxygens (including phenoxy) is 3. The number of phenols is 1. The van der Waals surface area contributed by atoms with Gasteiger partial charge in [-0.25, -0.2) is 4.79 Å². The number of carbonyl (C=O) groups excluding carboxylic acids is 2. The van der Waals surface area contributed by atoms with Gasteiger partial charge in [-0.1, -0.05) is 6.92 Å². The number of phenolic OH excluding ortho intramolecular Hbond substituents is 1. The predicted octanol–water partition coefficient (Wildman–Crippen LogP) is 7.60. The molecule has 3 aromatic rings. The minimum absolute atomic E-state index is 0.00322. The Morgan fingerprint density at radius 1 is 0.976 bits per heavy atom. The van der Waals surface area contributed by atoms with Gasteiger partial charge in [-0.2, -0.15) is 13.2 Å². The average molecular weight is 591 g/mol. The molecule has 0 amide bonds. The molecule has 1 N–H and O–H groups in total. The van der Waals surface area contributed by atoms with Gasteiger partial charge in [-0.15, -0.1) is 11.8 Å². The highest BCUT2D eigenvalue weighted by Crippen LogP contribution is 2.34. The highest BCUT2D eigenvalue weighted by molar-refractivity contribution is 7.99. The third-order valence-corrected chi connectivity index (χ3v) is 7.29. The highest BCUT2D eigenvalue weighted by Gasteiger charge is 2.30. The molecule has 0 aromatic heterocycles. The molecule has 0 aliphatic carbocycles. The topological polar surface area (TPSA) is 82.1 Å². The maximum Gasteiger partial charge on any atom is 0.416 e. The summed E-state index contributed by atoms with van der Waals surface area (Å²) in [5.41, 5.74) is 1.12. The fourth-order valence-corrected chi connectivity index (χ4v) is 5.17. The van der Waals surface area contributed by atoms with Gasteiger partial charge in [0.25, 0.3) is 0 Å². The second kappa shape index (κ2) is 14.8. The highest BCUT2D eigenvalue weighted by atomic mass is 32.2. The van der Waals surface area contributed by atoms with Crippen LogP contribution in [-0.4, -0.2) is 42.4 Å². The van der Waals surface area contributed by atoms with Gasteiger partial charge < -0.3 is 19.3 Å². The van der Waals surface area contributed by atoms with Crippen LogP contribution in [0.2, 0.25) is 0 Å². The molecule has 1 atom stereocenters. The number of halogens is 3. The van der Waals surface area contributed by atoms with Gasteiger partial charge in [0, 0.05) is 28.6 Å². The molecule has 41 heavy (non-hydrogen) atoms. The number of benzene rings is 3. The van der Waals surface area contributed by atoms with Crippen LogP contribution in [0.4, 0.5) is 13.2 Å². The minimum Gasteiger partial charge on any atom is -0.508 e. The second-order valence-corrected chi connectivity index (χ2v) is 10.4. The van der Waals surface area contributed by atoms with E-state index in [-0.39, 0.29) is 43.0 Å². The number of rotatable bonds is 14. The van der Waals surface area contributed by atoms with Crippen LogP contribution in [0.5, 0.6) is 17.2 Å². The quantitative estimate of drug-likeness (QED) is 0.118. The van der Waals surface area contributed by atoms with Crippen molar-refractivity contribution in [1.29, 1.82) is 0 Å². The monoisotopic (exact) mass is 590 g/mol. The number of aryl methyl sites for hydroxylation is 1. The Morgan fingerprint density at radius 3 is 2.34 bits per heavy atom. The van der Waals surface area contributed by atoms with Crippen molar-refractivity contribution in [3.8, 4) is 17.2 Å². The molecule has 0 spiro atoms. The van der Waals surface area contributed by atoms with Crippen LogP contribution in [0.3, 0.4) is 0 Å². The third-order valence-electron chi connectivity index (χ3n) is 6.13. The Morgan fingerprint density at radius 2 is 1.71 bits per heavy atom. The van der Waals surface area contributed by atoms with Gasteiger partial charge in [0.2, 0.25) is 0 Å². The predicted molar refractivity (Wildman–Crippen MR) is 151 cm³/mol. The average Bonchev–Trinajstić information content (AvgIpc) is 2.92. The zero-order chi connectivity index (χ0) is 30.0. The fraction of sp³-hybridized carbons (Fsp3) is 0.355. The number of Topliss-reactive ketones (excluding diaryl/α,β-unsaturated/α-hetero) is 1. The van der Waals surface area contributed by atoms with E-state index in [1.165, 1.54) is 30.0 Å². The smallest absolute Gasteiger partial charge is 0.416 e. The van der Waals surface area contributed by atoms with Crippen molar-refractivity contribution in [2.24, 2.45) is 0 Å². The molecule has 0 saturated heterocycles. The summed E-state index contributed by atoms with van der Waals surface area (Å²) in [5.74, 6) is 0.339. The molecule has 0 bridgehead atoms. The van der Waals surface area contributed by atoms with Crippen molar-refractivity contribution in [2.45, 2.75) is 50.6 Å². The second-order valence-electron chi connectivity index (χ2n) is 9.31. The van der Waals surface area contributed by atoms with Crippen LogP contribution in [-0.2, 0) is 15.7 Å². The number of thioether (sulfide) groups is 1. The summed E-state index contributed by atoms with van der Waals surface area (Å²) in [6.45, 7) is 5.61. The SMILES string of the molecule is CCCC(=O)c1ccc(O)cc1C(COc1ccc(C(F)(F)F)cc1)CSc1ccc(OCC(=O)OCC)c(C)c1.